The van der Waals surface area contributed by atoms with Crippen molar-refractivity contribution < 1.29 is 78.0 Å². The van der Waals surface area contributed by atoms with Gasteiger partial charge in [-0.3, -0.25) is 52.7 Å². The molecule has 410 valence electrons. The molecule has 0 aliphatic carbocycles. The first-order chi connectivity index (χ1) is 33.5. The van der Waals surface area contributed by atoms with Crippen molar-refractivity contribution in [3.8, 4) is 0 Å². The summed E-state index contributed by atoms with van der Waals surface area (Å²) in [6.07, 6.45) is -3.32. The third-order valence-corrected chi connectivity index (χ3v) is 11.9. The smallest absolute Gasteiger partial charge is 0.326 e. The summed E-state index contributed by atoms with van der Waals surface area (Å²) < 4.78 is 0. The van der Waals surface area contributed by atoms with E-state index in [9.17, 15) is 78.0 Å². The Morgan fingerprint density at radius 2 is 0.847 bits per heavy atom. The van der Waals surface area contributed by atoms with E-state index in [1.165, 1.54) is 20.8 Å². The predicted molar refractivity (Wildman–Crippen MR) is 257 cm³/mol. The number of aliphatic carboxylic acids is 3. The standard InChI is InChI=1S/C45H79N11O16/c1-9-22(5)33(48)42(68)51-26(13-11-12-20-46)38(64)49-24(7)37(63)54-34(21(3)4)43(69)52-29(16-19-32(61)62)41(67)56-36(25(8)57)44(70)53-28(15-18-31(59)60)39(65)50-27(14-17-30(47)58)40(66)55-35(45(71)72)23(6)10-2/h21-29,33-36,57H,9-20,46,48H2,1-8H3,(H2,47,58)(H,49,64)(H,50,65)(H,51,68)(H,52,69)(H,53,70)(H,54,63)(H,55,66)(H,56,67)(H,59,60)(H,61,62)(H,71,72)/t22-,23-,24-,25+,26-,27-,28-,29-,33-,34-,35-,36-/m0/s1. The SMILES string of the molecule is CC[C@H](C)[C@H](N)C(=O)N[C@@H](CCCCN)C(=O)N[C@@H](C)C(=O)N[C@H](C(=O)N[C@@H](CCC(=O)O)C(=O)N[C@H](C(=O)N[C@@H](CCC(=O)O)C(=O)N[C@@H](CCC(N)=O)C(=O)N[C@H](C(=O)O)[C@@H](C)CC)[C@@H](C)O)C(C)C. The Bertz CT molecular complexity index is 1890. The zero-order valence-electron chi connectivity index (χ0n) is 42.4. The number of primary amides is 1. The average molecular weight is 1030 g/mol. The molecule has 0 fully saturated rings. The van der Waals surface area contributed by atoms with Crippen molar-refractivity contribution in [1.29, 1.82) is 0 Å². The lowest BCUT2D eigenvalue weighted by Gasteiger charge is -2.29. The van der Waals surface area contributed by atoms with Crippen LogP contribution < -0.4 is 59.7 Å². The minimum atomic E-state index is -1.97. The molecular formula is C45H79N11O16. The molecule has 0 aromatic heterocycles. The first-order valence-corrected chi connectivity index (χ1v) is 24.0. The van der Waals surface area contributed by atoms with Crippen LogP contribution in [0.2, 0.25) is 0 Å². The fourth-order valence-electron chi connectivity index (χ4n) is 6.75. The Morgan fingerprint density at radius 1 is 0.458 bits per heavy atom. The Labute approximate surface area is 418 Å². The molecule has 0 bridgehead atoms. The number of aliphatic hydroxyl groups excluding tert-OH is 1. The fourth-order valence-corrected chi connectivity index (χ4v) is 6.75. The summed E-state index contributed by atoms with van der Waals surface area (Å²) in [7, 11) is 0. The molecule has 12 atom stereocenters. The number of hydrogen-bond acceptors (Lipinski definition) is 15. The molecule has 18 N–H and O–H groups in total. The highest BCUT2D eigenvalue weighted by atomic mass is 16.4. The van der Waals surface area contributed by atoms with Gasteiger partial charge < -0.3 is 80.2 Å². The number of amides is 9. The molecule has 0 aliphatic rings. The van der Waals surface area contributed by atoms with Gasteiger partial charge in [-0.25, -0.2) is 4.79 Å². The molecule has 0 radical (unpaired) electrons. The maximum absolute atomic E-state index is 13.8. The highest BCUT2D eigenvalue weighted by Gasteiger charge is 2.37. The second-order valence-corrected chi connectivity index (χ2v) is 18.2. The third kappa shape index (κ3) is 24.1. The third-order valence-electron chi connectivity index (χ3n) is 11.9. The summed E-state index contributed by atoms with van der Waals surface area (Å²) >= 11 is 0. The Morgan fingerprint density at radius 3 is 1.26 bits per heavy atom. The molecule has 0 aromatic carbocycles. The quantitative estimate of drug-likeness (QED) is 0.0271. The lowest BCUT2D eigenvalue weighted by molar-refractivity contribution is -0.144. The molecule has 0 saturated carbocycles. The van der Waals surface area contributed by atoms with Gasteiger partial charge in [0.15, 0.2) is 0 Å². The monoisotopic (exact) mass is 1030 g/mol. The summed E-state index contributed by atoms with van der Waals surface area (Å²) in [6.45, 7) is 12.6. The van der Waals surface area contributed by atoms with Crippen LogP contribution in [0.4, 0.5) is 0 Å². The number of nitrogens with two attached hydrogens (primary N) is 3. The molecule has 0 saturated heterocycles. The summed E-state index contributed by atoms with van der Waals surface area (Å²) in [5, 5.41) is 58.2. The number of nitrogens with one attached hydrogen (secondary N) is 8. The van der Waals surface area contributed by atoms with Crippen LogP contribution in [0.1, 0.15) is 126 Å². The van der Waals surface area contributed by atoms with Crippen LogP contribution in [0.5, 0.6) is 0 Å². The van der Waals surface area contributed by atoms with Crippen LogP contribution in [0.3, 0.4) is 0 Å². The number of carbonyl (C=O) groups is 12. The number of rotatable bonds is 36. The lowest BCUT2D eigenvalue weighted by Crippen LogP contribution is -2.62. The summed E-state index contributed by atoms with van der Waals surface area (Å²) in [6, 6.07) is -13.3. The summed E-state index contributed by atoms with van der Waals surface area (Å²) in [4.78, 5) is 155. The molecule has 0 rings (SSSR count). The van der Waals surface area contributed by atoms with Gasteiger partial charge >= 0.3 is 17.9 Å². The highest BCUT2D eigenvalue weighted by molar-refractivity contribution is 5.98. The van der Waals surface area contributed by atoms with E-state index in [4.69, 9.17) is 17.2 Å². The molecule has 0 unspecified atom stereocenters. The van der Waals surface area contributed by atoms with E-state index in [1.807, 2.05) is 6.92 Å². The van der Waals surface area contributed by atoms with E-state index in [-0.39, 0.29) is 12.3 Å². The van der Waals surface area contributed by atoms with Crippen LogP contribution >= 0.6 is 0 Å². The number of unbranched alkanes of at least 4 members (excludes halogenated alkanes) is 1. The first-order valence-electron chi connectivity index (χ1n) is 24.0. The second kappa shape index (κ2) is 33.2. The fraction of sp³-hybridized carbons (Fsp3) is 0.733. The Kier molecular flexibility index (Phi) is 30.2. The van der Waals surface area contributed by atoms with Crippen molar-refractivity contribution in [3.05, 3.63) is 0 Å². The predicted octanol–water partition coefficient (Wildman–Crippen LogP) is -3.45. The van der Waals surface area contributed by atoms with Crippen LogP contribution in [-0.4, -0.2) is 159 Å². The molecule has 9 amide bonds. The van der Waals surface area contributed by atoms with Crippen LogP contribution in [0.15, 0.2) is 0 Å². The van der Waals surface area contributed by atoms with E-state index in [1.54, 1.807) is 20.8 Å². The van der Waals surface area contributed by atoms with Crippen LogP contribution in [0, 0.1) is 17.8 Å². The van der Waals surface area contributed by atoms with E-state index in [0.29, 0.717) is 32.2 Å². The van der Waals surface area contributed by atoms with Gasteiger partial charge in [0.2, 0.25) is 53.2 Å². The molecule has 0 spiro atoms. The average Bonchev–Trinajstić information content (AvgIpc) is 3.30. The van der Waals surface area contributed by atoms with Crippen molar-refractivity contribution in [2.45, 2.75) is 186 Å². The lowest BCUT2D eigenvalue weighted by atomic mass is 9.98. The first kappa shape index (κ1) is 65.5. The largest absolute Gasteiger partial charge is 0.481 e. The summed E-state index contributed by atoms with van der Waals surface area (Å²) in [5.74, 6) is -14.5. The zero-order chi connectivity index (χ0) is 55.6. The minimum Gasteiger partial charge on any atom is -0.481 e. The highest BCUT2D eigenvalue weighted by Crippen LogP contribution is 2.12. The van der Waals surface area contributed by atoms with Gasteiger partial charge in [0.1, 0.15) is 48.3 Å². The van der Waals surface area contributed by atoms with Gasteiger partial charge in [-0.05, 0) is 76.7 Å². The molecule has 0 heterocycles. The second-order valence-electron chi connectivity index (χ2n) is 18.2. The number of carbonyl (C=O) groups excluding carboxylic acids is 9. The van der Waals surface area contributed by atoms with Crippen molar-refractivity contribution >= 4 is 71.1 Å². The van der Waals surface area contributed by atoms with E-state index < -0.39 is 182 Å². The number of carboxylic acids is 3. The van der Waals surface area contributed by atoms with Gasteiger partial charge in [-0.1, -0.05) is 54.4 Å². The Balaban J connectivity index is 6.50. The van der Waals surface area contributed by atoms with E-state index in [2.05, 4.69) is 42.5 Å². The van der Waals surface area contributed by atoms with Crippen LogP contribution in [-0.2, 0) is 57.5 Å². The topological polar surface area (TPSA) is 460 Å². The zero-order valence-corrected chi connectivity index (χ0v) is 42.4. The maximum Gasteiger partial charge on any atom is 0.326 e. The number of hydrogen-bond donors (Lipinski definition) is 15. The number of aliphatic hydroxyl groups is 1. The van der Waals surface area contributed by atoms with Gasteiger partial charge in [-0.15, -0.1) is 0 Å². The van der Waals surface area contributed by atoms with Crippen LogP contribution in [0.25, 0.3) is 0 Å². The molecule has 0 aromatic rings. The van der Waals surface area contributed by atoms with E-state index >= 15 is 0 Å². The van der Waals surface area contributed by atoms with Gasteiger partial charge in [0.25, 0.3) is 0 Å². The van der Waals surface area contributed by atoms with Crippen molar-refractivity contribution in [3.63, 3.8) is 0 Å². The Hall–Kier alpha value is -6.48. The van der Waals surface area contributed by atoms with Gasteiger partial charge in [-0.2, -0.15) is 0 Å². The van der Waals surface area contributed by atoms with Gasteiger partial charge in [0, 0.05) is 19.3 Å². The molecule has 0 aliphatic heterocycles. The maximum atomic E-state index is 13.8. The van der Waals surface area contributed by atoms with Crippen molar-refractivity contribution in [2.24, 2.45) is 35.0 Å². The molecule has 27 nitrogen and oxygen atoms in total. The normalized spacial score (nSPS) is 16.2. The molecule has 27 heteroatoms. The minimum absolute atomic E-state index is 0.169. The summed E-state index contributed by atoms with van der Waals surface area (Å²) in [5.41, 5.74) is 16.9. The molecular weight excluding hydrogens is 951 g/mol. The number of carboxylic acid groups (broad SMARTS) is 3. The molecule has 72 heavy (non-hydrogen) atoms. The van der Waals surface area contributed by atoms with Crippen molar-refractivity contribution in [2.75, 3.05) is 6.54 Å². The van der Waals surface area contributed by atoms with E-state index in [0.717, 1.165) is 6.92 Å². The van der Waals surface area contributed by atoms with Crippen molar-refractivity contribution in [1.82, 2.24) is 42.5 Å². The van der Waals surface area contributed by atoms with Gasteiger partial charge in [0.05, 0.1) is 12.1 Å².